The molecule has 1 fully saturated rings. The highest BCUT2D eigenvalue weighted by Crippen LogP contribution is 2.30. The van der Waals surface area contributed by atoms with Gasteiger partial charge in [-0.1, -0.05) is 25.7 Å². The molecular weight excluding hydrogens is 212 g/mol. The molecule has 0 aromatic carbocycles. The summed E-state index contributed by atoms with van der Waals surface area (Å²) in [5.41, 5.74) is 9.80. The van der Waals surface area contributed by atoms with Gasteiger partial charge in [0.1, 0.15) is 0 Å². The van der Waals surface area contributed by atoms with Crippen LogP contribution in [-0.2, 0) is 19.6 Å². The van der Waals surface area contributed by atoms with Crippen LogP contribution in [0.3, 0.4) is 0 Å². The van der Waals surface area contributed by atoms with Crippen molar-refractivity contribution in [2.45, 2.75) is 64.2 Å². The topological polar surface area (TPSA) is 55.9 Å². The molecule has 1 aromatic heterocycles. The molecule has 1 aliphatic heterocycles. The van der Waals surface area contributed by atoms with Gasteiger partial charge in [-0.25, -0.2) is 0 Å². The zero-order valence-electron chi connectivity index (χ0n) is 10.4. The summed E-state index contributed by atoms with van der Waals surface area (Å²) in [6.07, 6.45) is 8.02. The summed E-state index contributed by atoms with van der Waals surface area (Å²) in [6.45, 7) is 2.50. The molecule has 3 N–H and O–H groups in total. The van der Waals surface area contributed by atoms with Gasteiger partial charge in [-0.05, 0) is 12.8 Å². The molecule has 4 nitrogen and oxygen atoms in total. The second kappa shape index (κ2) is 4.78. The van der Waals surface area contributed by atoms with Gasteiger partial charge < -0.3 is 11.1 Å². The predicted molar refractivity (Wildman–Crippen MR) is 67.4 cm³/mol. The van der Waals surface area contributed by atoms with Crippen molar-refractivity contribution in [2.75, 3.05) is 0 Å². The Balaban J connectivity index is 1.91. The summed E-state index contributed by atoms with van der Waals surface area (Å²) < 4.78 is 2.26. The molecule has 1 aliphatic carbocycles. The molecule has 0 amide bonds. The lowest BCUT2D eigenvalue weighted by Gasteiger charge is -2.18. The zero-order chi connectivity index (χ0) is 11.7. The van der Waals surface area contributed by atoms with Crippen molar-refractivity contribution in [3.63, 3.8) is 0 Å². The van der Waals surface area contributed by atoms with Crippen LogP contribution in [0.25, 0.3) is 0 Å². The number of nitrogens with zero attached hydrogens (tertiary/aromatic N) is 2. The molecule has 3 rings (SSSR count). The first-order valence-electron chi connectivity index (χ1n) is 6.90. The Hall–Kier alpha value is -0.870. The molecule has 94 valence electrons. The maximum absolute atomic E-state index is 5.93. The molecular formula is C13H22N4. The van der Waals surface area contributed by atoms with Crippen molar-refractivity contribution in [3.05, 3.63) is 17.0 Å². The van der Waals surface area contributed by atoms with Crippen LogP contribution in [0.4, 0.5) is 0 Å². The number of hydrogen-bond donors (Lipinski definition) is 2. The van der Waals surface area contributed by atoms with Crippen LogP contribution < -0.4 is 11.1 Å². The van der Waals surface area contributed by atoms with Gasteiger partial charge in [-0.15, -0.1) is 0 Å². The van der Waals surface area contributed by atoms with E-state index in [0.717, 1.165) is 13.1 Å². The quantitative estimate of drug-likeness (QED) is 0.768. The van der Waals surface area contributed by atoms with E-state index in [9.17, 15) is 0 Å². The Morgan fingerprint density at radius 1 is 1.18 bits per heavy atom. The third-order valence-corrected chi connectivity index (χ3v) is 4.16. The Kier molecular flexibility index (Phi) is 3.16. The van der Waals surface area contributed by atoms with Crippen LogP contribution in [0.2, 0.25) is 0 Å². The molecule has 2 heterocycles. The second-order valence-electron chi connectivity index (χ2n) is 5.27. The third kappa shape index (κ3) is 2.00. The Morgan fingerprint density at radius 3 is 2.65 bits per heavy atom. The van der Waals surface area contributed by atoms with E-state index >= 15 is 0 Å². The summed E-state index contributed by atoms with van der Waals surface area (Å²) in [5.74, 6) is 0. The molecule has 0 spiro atoms. The number of nitrogens with two attached hydrogens (primary N) is 1. The molecule has 4 heteroatoms. The summed E-state index contributed by atoms with van der Waals surface area (Å²) in [4.78, 5) is 0. The van der Waals surface area contributed by atoms with E-state index in [1.54, 1.807) is 0 Å². The molecule has 2 aliphatic rings. The van der Waals surface area contributed by atoms with Crippen molar-refractivity contribution in [1.29, 1.82) is 0 Å². The molecule has 0 saturated heterocycles. The Morgan fingerprint density at radius 2 is 1.94 bits per heavy atom. The van der Waals surface area contributed by atoms with E-state index < -0.39 is 0 Å². The van der Waals surface area contributed by atoms with E-state index in [-0.39, 0.29) is 0 Å². The van der Waals surface area contributed by atoms with E-state index in [0.29, 0.717) is 12.6 Å². The van der Waals surface area contributed by atoms with Crippen molar-refractivity contribution >= 4 is 0 Å². The maximum atomic E-state index is 5.93. The average Bonchev–Trinajstić information content (AvgIpc) is 2.80. The van der Waals surface area contributed by atoms with Crippen molar-refractivity contribution in [3.8, 4) is 0 Å². The number of rotatable bonds is 2. The van der Waals surface area contributed by atoms with Crippen molar-refractivity contribution in [1.82, 2.24) is 15.1 Å². The third-order valence-electron chi connectivity index (χ3n) is 4.16. The highest BCUT2D eigenvalue weighted by atomic mass is 15.3. The van der Waals surface area contributed by atoms with Gasteiger partial charge in [-0.2, -0.15) is 5.10 Å². The van der Waals surface area contributed by atoms with Gasteiger partial charge in [0.25, 0.3) is 0 Å². The van der Waals surface area contributed by atoms with E-state index in [2.05, 4.69) is 10.00 Å². The molecule has 17 heavy (non-hydrogen) atoms. The molecule has 0 atom stereocenters. The van der Waals surface area contributed by atoms with Crippen LogP contribution in [0.1, 0.15) is 61.5 Å². The summed E-state index contributed by atoms with van der Waals surface area (Å²) in [7, 11) is 0. The first-order valence-corrected chi connectivity index (χ1v) is 6.90. The number of nitrogens with one attached hydrogen (secondary N) is 1. The fraction of sp³-hybridized carbons (Fsp3) is 0.769. The van der Waals surface area contributed by atoms with Crippen LogP contribution in [0, 0.1) is 0 Å². The number of fused-ring (bicyclic) bond motifs is 1. The van der Waals surface area contributed by atoms with Crippen LogP contribution in [0.15, 0.2) is 0 Å². The fourth-order valence-electron chi connectivity index (χ4n) is 3.23. The molecule has 0 unspecified atom stereocenters. The molecule has 1 saturated carbocycles. The Bertz CT molecular complexity index is 388. The minimum absolute atomic E-state index is 0.599. The fourth-order valence-corrected chi connectivity index (χ4v) is 3.23. The lowest BCUT2D eigenvalue weighted by molar-refractivity contribution is 0.388. The van der Waals surface area contributed by atoms with Gasteiger partial charge in [0, 0.05) is 25.2 Å². The first-order chi connectivity index (χ1) is 8.40. The van der Waals surface area contributed by atoms with E-state index in [1.165, 1.54) is 55.5 Å². The predicted octanol–water partition coefficient (Wildman–Crippen LogP) is 1.84. The van der Waals surface area contributed by atoms with Crippen LogP contribution in [0.5, 0.6) is 0 Å². The maximum Gasteiger partial charge on any atom is 0.0811 e. The van der Waals surface area contributed by atoms with E-state index in [1.807, 2.05) is 0 Å². The molecule has 0 radical (unpaired) electrons. The van der Waals surface area contributed by atoms with E-state index in [4.69, 9.17) is 10.8 Å². The van der Waals surface area contributed by atoms with Crippen LogP contribution in [-0.4, -0.2) is 9.78 Å². The molecule has 0 bridgehead atoms. The first kappa shape index (κ1) is 11.2. The minimum Gasteiger partial charge on any atom is -0.325 e. The summed E-state index contributed by atoms with van der Waals surface area (Å²) in [6, 6.07) is 0.599. The Labute approximate surface area is 103 Å². The lowest BCUT2D eigenvalue weighted by atomic mass is 10.1. The number of aromatic nitrogens is 2. The van der Waals surface area contributed by atoms with Crippen LogP contribution >= 0.6 is 0 Å². The number of hydrogen-bond acceptors (Lipinski definition) is 3. The van der Waals surface area contributed by atoms with Gasteiger partial charge >= 0.3 is 0 Å². The standard InChI is InChI=1S/C13H22N4/c14-7-13-11-8-15-9-12(11)16-17(13)10-5-3-1-2-4-6-10/h10,15H,1-9,14H2. The average molecular weight is 234 g/mol. The van der Waals surface area contributed by atoms with Gasteiger partial charge in [0.2, 0.25) is 0 Å². The largest absolute Gasteiger partial charge is 0.325 e. The normalized spacial score (nSPS) is 21.5. The summed E-state index contributed by atoms with van der Waals surface area (Å²) >= 11 is 0. The van der Waals surface area contributed by atoms with Crippen molar-refractivity contribution in [2.24, 2.45) is 5.73 Å². The monoisotopic (exact) mass is 234 g/mol. The van der Waals surface area contributed by atoms with Gasteiger partial charge in [0.05, 0.1) is 17.4 Å². The molecule has 1 aromatic rings. The highest BCUT2D eigenvalue weighted by molar-refractivity contribution is 5.30. The lowest BCUT2D eigenvalue weighted by Crippen LogP contribution is -2.18. The smallest absolute Gasteiger partial charge is 0.0811 e. The second-order valence-corrected chi connectivity index (χ2v) is 5.27. The zero-order valence-corrected chi connectivity index (χ0v) is 10.4. The van der Waals surface area contributed by atoms with Gasteiger partial charge in [-0.3, -0.25) is 4.68 Å². The minimum atomic E-state index is 0.599. The highest BCUT2D eigenvalue weighted by Gasteiger charge is 2.25. The van der Waals surface area contributed by atoms with Crippen molar-refractivity contribution < 1.29 is 0 Å². The summed E-state index contributed by atoms with van der Waals surface area (Å²) in [5, 5.41) is 8.15. The van der Waals surface area contributed by atoms with Gasteiger partial charge in [0.15, 0.2) is 0 Å². The SMILES string of the molecule is NCc1c2c(nn1C1CCCCCC1)CNC2.